The van der Waals surface area contributed by atoms with E-state index in [2.05, 4.69) is 5.32 Å². The number of ether oxygens (including phenoxy) is 1. The SMILES string of the molecule is O=C(CNC1CC1)OC1CCCCCC1. The van der Waals surface area contributed by atoms with Gasteiger partial charge in [-0.3, -0.25) is 4.79 Å². The molecule has 2 fully saturated rings. The highest BCUT2D eigenvalue weighted by atomic mass is 16.5. The van der Waals surface area contributed by atoms with Crippen molar-refractivity contribution in [2.24, 2.45) is 0 Å². The van der Waals surface area contributed by atoms with Gasteiger partial charge in [-0.25, -0.2) is 0 Å². The molecule has 0 saturated heterocycles. The molecule has 0 bridgehead atoms. The summed E-state index contributed by atoms with van der Waals surface area (Å²) >= 11 is 0. The molecule has 2 aliphatic carbocycles. The molecule has 2 aliphatic rings. The van der Waals surface area contributed by atoms with Gasteiger partial charge in [-0.05, 0) is 38.5 Å². The molecule has 0 aromatic carbocycles. The molecule has 2 saturated carbocycles. The summed E-state index contributed by atoms with van der Waals surface area (Å²) in [4.78, 5) is 11.5. The normalized spacial score (nSPS) is 23.5. The standard InChI is InChI=1S/C12H21NO2/c14-12(9-13-10-7-8-10)15-11-5-3-1-2-4-6-11/h10-11,13H,1-9H2. The van der Waals surface area contributed by atoms with Crippen LogP contribution in [0.1, 0.15) is 51.4 Å². The number of carbonyl (C=O) groups excluding carboxylic acids is 1. The highest BCUT2D eigenvalue weighted by Crippen LogP contribution is 2.20. The Morgan fingerprint density at radius 3 is 2.33 bits per heavy atom. The maximum Gasteiger partial charge on any atom is 0.320 e. The zero-order valence-corrected chi connectivity index (χ0v) is 9.34. The average Bonchev–Trinajstić information content (AvgIpc) is 3.03. The summed E-state index contributed by atoms with van der Waals surface area (Å²) < 4.78 is 5.45. The maximum atomic E-state index is 11.5. The Kier molecular flexibility index (Phi) is 4.01. The Morgan fingerprint density at radius 1 is 1.07 bits per heavy atom. The fourth-order valence-corrected chi connectivity index (χ4v) is 2.10. The van der Waals surface area contributed by atoms with Crippen LogP contribution < -0.4 is 5.32 Å². The van der Waals surface area contributed by atoms with Gasteiger partial charge in [0.05, 0.1) is 6.54 Å². The first-order chi connectivity index (χ1) is 7.34. The largest absolute Gasteiger partial charge is 0.461 e. The molecule has 0 aliphatic heterocycles. The van der Waals surface area contributed by atoms with Gasteiger partial charge in [0.1, 0.15) is 6.10 Å². The van der Waals surface area contributed by atoms with Crippen molar-refractivity contribution in [3.8, 4) is 0 Å². The van der Waals surface area contributed by atoms with Gasteiger partial charge in [0.25, 0.3) is 0 Å². The summed E-state index contributed by atoms with van der Waals surface area (Å²) in [5, 5.41) is 3.19. The van der Waals surface area contributed by atoms with Gasteiger partial charge in [-0.1, -0.05) is 12.8 Å². The monoisotopic (exact) mass is 211 g/mol. The number of rotatable bonds is 4. The molecule has 15 heavy (non-hydrogen) atoms. The molecule has 0 aromatic heterocycles. The predicted octanol–water partition coefficient (Wildman–Crippen LogP) is 2.00. The number of carbonyl (C=O) groups is 1. The Bertz CT molecular complexity index is 206. The average molecular weight is 211 g/mol. The Labute approximate surface area is 91.6 Å². The Morgan fingerprint density at radius 2 is 1.73 bits per heavy atom. The van der Waals surface area contributed by atoms with E-state index in [4.69, 9.17) is 4.74 Å². The second-order valence-corrected chi connectivity index (χ2v) is 4.76. The summed E-state index contributed by atoms with van der Waals surface area (Å²) in [6.07, 6.45) is 9.80. The first-order valence-corrected chi connectivity index (χ1v) is 6.27. The van der Waals surface area contributed by atoms with Gasteiger partial charge in [-0.2, -0.15) is 0 Å². The lowest BCUT2D eigenvalue weighted by atomic mass is 10.1. The minimum Gasteiger partial charge on any atom is -0.461 e. The number of hydrogen-bond acceptors (Lipinski definition) is 3. The number of esters is 1. The van der Waals surface area contributed by atoms with Gasteiger partial charge < -0.3 is 10.1 Å². The fourth-order valence-electron chi connectivity index (χ4n) is 2.10. The molecule has 0 heterocycles. The lowest BCUT2D eigenvalue weighted by Gasteiger charge is -2.15. The van der Waals surface area contributed by atoms with Crippen molar-refractivity contribution in [2.45, 2.75) is 63.5 Å². The van der Waals surface area contributed by atoms with E-state index < -0.39 is 0 Å². The highest BCUT2D eigenvalue weighted by Gasteiger charge is 2.22. The third-order valence-corrected chi connectivity index (χ3v) is 3.21. The molecule has 3 nitrogen and oxygen atoms in total. The zero-order chi connectivity index (χ0) is 10.5. The summed E-state index contributed by atoms with van der Waals surface area (Å²) in [6.45, 7) is 0.404. The lowest BCUT2D eigenvalue weighted by Crippen LogP contribution is -2.29. The fraction of sp³-hybridized carbons (Fsp3) is 0.917. The van der Waals surface area contributed by atoms with E-state index in [0.29, 0.717) is 12.6 Å². The minimum atomic E-state index is -0.0613. The van der Waals surface area contributed by atoms with E-state index in [1.807, 2.05) is 0 Å². The molecule has 0 amide bonds. The van der Waals surface area contributed by atoms with Crippen molar-refractivity contribution in [1.29, 1.82) is 0 Å². The van der Waals surface area contributed by atoms with E-state index in [1.165, 1.54) is 38.5 Å². The molecule has 0 atom stereocenters. The van der Waals surface area contributed by atoms with Crippen LogP contribution in [0.15, 0.2) is 0 Å². The molecule has 86 valence electrons. The summed E-state index contributed by atoms with van der Waals surface area (Å²) in [5.74, 6) is -0.0613. The summed E-state index contributed by atoms with van der Waals surface area (Å²) in [5.41, 5.74) is 0. The van der Waals surface area contributed by atoms with Crippen LogP contribution in [0, 0.1) is 0 Å². The van der Waals surface area contributed by atoms with Crippen molar-refractivity contribution in [3.05, 3.63) is 0 Å². The van der Waals surface area contributed by atoms with Crippen LogP contribution in [0.5, 0.6) is 0 Å². The van der Waals surface area contributed by atoms with Crippen LogP contribution in [0.4, 0.5) is 0 Å². The third kappa shape index (κ3) is 4.20. The molecular weight excluding hydrogens is 190 g/mol. The van der Waals surface area contributed by atoms with Gasteiger partial charge >= 0.3 is 5.97 Å². The number of nitrogens with one attached hydrogen (secondary N) is 1. The highest BCUT2D eigenvalue weighted by molar-refractivity contribution is 5.71. The molecule has 0 aromatic rings. The zero-order valence-electron chi connectivity index (χ0n) is 9.34. The quantitative estimate of drug-likeness (QED) is 0.571. The van der Waals surface area contributed by atoms with Crippen LogP contribution in [0.2, 0.25) is 0 Å². The molecular formula is C12H21NO2. The molecule has 0 spiro atoms. The number of hydrogen-bond donors (Lipinski definition) is 1. The lowest BCUT2D eigenvalue weighted by molar-refractivity contribution is -0.148. The molecule has 0 unspecified atom stereocenters. The van der Waals surface area contributed by atoms with Crippen molar-refractivity contribution in [3.63, 3.8) is 0 Å². The van der Waals surface area contributed by atoms with Crippen molar-refractivity contribution < 1.29 is 9.53 Å². The Hall–Kier alpha value is -0.570. The first-order valence-electron chi connectivity index (χ1n) is 6.27. The van der Waals surface area contributed by atoms with E-state index >= 15 is 0 Å². The van der Waals surface area contributed by atoms with Crippen molar-refractivity contribution in [1.82, 2.24) is 5.32 Å². The third-order valence-electron chi connectivity index (χ3n) is 3.21. The Balaban J connectivity index is 1.62. The van der Waals surface area contributed by atoms with E-state index in [1.54, 1.807) is 0 Å². The summed E-state index contributed by atoms with van der Waals surface area (Å²) in [7, 11) is 0. The van der Waals surface area contributed by atoms with Crippen LogP contribution in [-0.2, 0) is 9.53 Å². The van der Waals surface area contributed by atoms with E-state index in [-0.39, 0.29) is 12.1 Å². The summed E-state index contributed by atoms with van der Waals surface area (Å²) in [6, 6.07) is 0.590. The van der Waals surface area contributed by atoms with Crippen molar-refractivity contribution in [2.75, 3.05) is 6.54 Å². The first kappa shape index (κ1) is 10.9. The van der Waals surface area contributed by atoms with Crippen molar-refractivity contribution >= 4 is 5.97 Å². The second-order valence-electron chi connectivity index (χ2n) is 4.76. The molecule has 1 N–H and O–H groups in total. The van der Waals surface area contributed by atoms with E-state index in [9.17, 15) is 4.79 Å². The van der Waals surface area contributed by atoms with Gasteiger partial charge in [-0.15, -0.1) is 0 Å². The van der Waals surface area contributed by atoms with Gasteiger partial charge in [0.2, 0.25) is 0 Å². The smallest absolute Gasteiger partial charge is 0.320 e. The van der Waals surface area contributed by atoms with Crippen LogP contribution in [-0.4, -0.2) is 24.7 Å². The van der Waals surface area contributed by atoms with Gasteiger partial charge in [0, 0.05) is 6.04 Å². The molecule has 3 heteroatoms. The van der Waals surface area contributed by atoms with Crippen LogP contribution in [0.25, 0.3) is 0 Å². The van der Waals surface area contributed by atoms with E-state index in [0.717, 1.165) is 12.8 Å². The maximum absolute atomic E-state index is 11.5. The topological polar surface area (TPSA) is 38.3 Å². The van der Waals surface area contributed by atoms with Crippen LogP contribution in [0.3, 0.4) is 0 Å². The van der Waals surface area contributed by atoms with Crippen LogP contribution >= 0.6 is 0 Å². The predicted molar refractivity (Wildman–Crippen MR) is 58.6 cm³/mol. The second kappa shape index (κ2) is 5.50. The van der Waals surface area contributed by atoms with Gasteiger partial charge in [0.15, 0.2) is 0 Å². The molecule has 2 rings (SSSR count). The molecule has 0 radical (unpaired) electrons. The minimum absolute atomic E-state index is 0.0613.